The van der Waals surface area contributed by atoms with E-state index in [2.05, 4.69) is 11.1 Å². The number of thiophene rings is 1. The minimum Gasteiger partial charge on any atom is -0.486 e. The van der Waals surface area contributed by atoms with Gasteiger partial charge >= 0.3 is 0 Å². The van der Waals surface area contributed by atoms with Crippen molar-refractivity contribution in [2.75, 3.05) is 0 Å². The third-order valence-corrected chi connectivity index (χ3v) is 3.39. The van der Waals surface area contributed by atoms with E-state index in [4.69, 9.17) is 10.5 Å². The predicted octanol–water partition coefficient (Wildman–Crippen LogP) is 3.13. The summed E-state index contributed by atoms with van der Waals surface area (Å²) in [6.45, 7) is 2.64. The molecule has 0 saturated heterocycles. The van der Waals surface area contributed by atoms with Crippen LogP contribution in [-0.2, 0) is 6.61 Å². The molecule has 0 aliphatic heterocycles. The molecule has 0 spiro atoms. The molecule has 90 valence electrons. The van der Waals surface area contributed by atoms with E-state index in [1.54, 1.807) is 17.5 Å². The van der Waals surface area contributed by atoms with Crippen molar-refractivity contribution in [3.63, 3.8) is 0 Å². The molecule has 0 aliphatic rings. The van der Waals surface area contributed by atoms with Crippen LogP contribution in [0.2, 0.25) is 0 Å². The van der Waals surface area contributed by atoms with Crippen molar-refractivity contribution in [2.24, 2.45) is 5.73 Å². The molecule has 0 saturated carbocycles. The molecule has 2 rings (SSSR count). The topological polar surface area (TPSA) is 48.1 Å². The van der Waals surface area contributed by atoms with Gasteiger partial charge in [0.15, 0.2) is 0 Å². The van der Waals surface area contributed by atoms with Crippen LogP contribution in [0.1, 0.15) is 30.0 Å². The van der Waals surface area contributed by atoms with Gasteiger partial charge in [-0.1, -0.05) is 13.0 Å². The highest BCUT2D eigenvalue weighted by Gasteiger charge is 2.04. The summed E-state index contributed by atoms with van der Waals surface area (Å²) in [6, 6.07) is 7.94. The van der Waals surface area contributed by atoms with E-state index in [9.17, 15) is 0 Å². The molecular weight excluding hydrogens is 232 g/mol. The zero-order valence-corrected chi connectivity index (χ0v) is 10.6. The Morgan fingerprint density at radius 1 is 1.41 bits per heavy atom. The number of hydrogen-bond acceptors (Lipinski definition) is 4. The van der Waals surface area contributed by atoms with Crippen molar-refractivity contribution in [3.05, 3.63) is 46.4 Å². The van der Waals surface area contributed by atoms with Gasteiger partial charge in [-0.15, -0.1) is 11.3 Å². The van der Waals surface area contributed by atoms with Gasteiger partial charge in [0.1, 0.15) is 12.4 Å². The minimum atomic E-state index is 0.0151. The van der Waals surface area contributed by atoms with Gasteiger partial charge in [-0.05, 0) is 30.0 Å². The first-order valence-electron chi connectivity index (χ1n) is 5.66. The van der Waals surface area contributed by atoms with Gasteiger partial charge < -0.3 is 10.5 Å². The van der Waals surface area contributed by atoms with Crippen LogP contribution in [0.15, 0.2) is 35.8 Å². The van der Waals surface area contributed by atoms with E-state index < -0.39 is 0 Å². The summed E-state index contributed by atoms with van der Waals surface area (Å²) in [6.07, 6.45) is 2.63. The highest BCUT2D eigenvalue weighted by Crippen LogP contribution is 2.17. The number of ether oxygens (including phenoxy) is 1. The zero-order chi connectivity index (χ0) is 12.1. The lowest BCUT2D eigenvalue weighted by Crippen LogP contribution is -2.10. The van der Waals surface area contributed by atoms with Gasteiger partial charge in [-0.3, -0.25) is 4.98 Å². The van der Waals surface area contributed by atoms with Crippen LogP contribution in [0.5, 0.6) is 5.75 Å². The molecule has 4 heteroatoms. The lowest BCUT2D eigenvalue weighted by molar-refractivity contribution is 0.308. The van der Waals surface area contributed by atoms with Crippen LogP contribution in [0.4, 0.5) is 0 Å². The molecule has 2 heterocycles. The molecule has 0 aromatic carbocycles. The van der Waals surface area contributed by atoms with Crippen LogP contribution in [-0.4, -0.2) is 4.98 Å². The standard InChI is InChI=1S/C13H16N2OS/c1-2-12(14)13-6-5-10(8-15-13)16-9-11-4-3-7-17-11/h3-8,12H,2,9,14H2,1H3. The number of nitrogens with two attached hydrogens (primary N) is 1. The van der Waals surface area contributed by atoms with Crippen molar-refractivity contribution < 1.29 is 4.74 Å². The van der Waals surface area contributed by atoms with Crippen LogP contribution >= 0.6 is 11.3 Å². The quantitative estimate of drug-likeness (QED) is 0.884. The second kappa shape index (κ2) is 5.80. The number of nitrogens with zero attached hydrogens (tertiary/aromatic N) is 1. The number of hydrogen-bond donors (Lipinski definition) is 1. The van der Waals surface area contributed by atoms with Crippen molar-refractivity contribution in [3.8, 4) is 5.75 Å². The van der Waals surface area contributed by atoms with Crippen LogP contribution < -0.4 is 10.5 Å². The summed E-state index contributed by atoms with van der Waals surface area (Å²) in [4.78, 5) is 5.51. The van der Waals surface area contributed by atoms with Crippen molar-refractivity contribution >= 4 is 11.3 Å². The van der Waals surface area contributed by atoms with E-state index in [0.29, 0.717) is 6.61 Å². The molecule has 1 atom stereocenters. The molecule has 0 amide bonds. The fourth-order valence-corrected chi connectivity index (χ4v) is 2.07. The van der Waals surface area contributed by atoms with Crippen molar-refractivity contribution in [1.29, 1.82) is 0 Å². The largest absolute Gasteiger partial charge is 0.486 e. The molecule has 0 bridgehead atoms. The molecule has 0 fully saturated rings. The smallest absolute Gasteiger partial charge is 0.138 e. The lowest BCUT2D eigenvalue weighted by Gasteiger charge is -2.09. The molecule has 2 aromatic rings. The molecule has 3 nitrogen and oxygen atoms in total. The van der Waals surface area contributed by atoms with E-state index in [1.165, 1.54) is 4.88 Å². The molecule has 0 radical (unpaired) electrons. The first kappa shape index (κ1) is 12.1. The molecule has 2 aromatic heterocycles. The minimum absolute atomic E-state index is 0.0151. The lowest BCUT2D eigenvalue weighted by atomic mass is 10.1. The SMILES string of the molecule is CCC(N)c1ccc(OCc2cccs2)cn1. The maximum atomic E-state index is 5.89. The summed E-state index contributed by atoms with van der Waals surface area (Å²) < 4.78 is 5.63. The fourth-order valence-electron chi connectivity index (χ4n) is 1.45. The molecule has 1 unspecified atom stereocenters. The van der Waals surface area contributed by atoms with Crippen LogP contribution in [0.25, 0.3) is 0 Å². The first-order valence-corrected chi connectivity index (χ1v) is 6.54. The third kappa shape index (κ3) is 3.28. The summed E-state index contributed by atoms with van der Waals surface area (Å²) >= 11 is 1.69. The van der Waals surface area contributed by atoms with Gasteiger partial charge in [0, 0.05) is 10.9 Å². The second-order valence-corrected chi connectivity index (χ2v) is 4.83. The molecule has 0 aliphatic carbocycles. The fraction of sp³-hybridized carbons (Fsp3) is 0.308. The maximum absolute atomic E-state index is 5.89. The summed E-state index contributed by atoms with van der Waals surface area (Å²) in [5, 5.41) is 2.04. The highest BCUT2D eigenvalue weighted by atomic mass is 32.1. The third-order valence-electron chi connectivity index (χ3n) is 2.54. The monoisotopic (exact) mass is 248 g/mol. The normalized spacial score (nSPS) is 12.4. The average molecular weight is 248 g/mol. The Labute approximate surface area is 105 Å². The maximum Gasteiger partial charge on any atom is 0.138 e. The summed E-state index contributed by atoms with van der Waals surface area (Å²) in [5.74, 6) is 0.783. The summed E-state index contributed by atoms with van der Waals surface area (Å²) in [5.41, 5.74) is 6.81. The second-order valence-electron chi connectivity index (χ2n) is 3.80. The Morgan fingerprint density at radius 2 is 2.29 bits per heavy atom. The number of pyridine rings is 1. The Bertz CT molecular complexity index is 439. The van der Waals surface area contributed by atoms with Gasteiger partial charge in [0.25, 0.3) is 0 Å². The van der Waals surface area contributed by atoms with Crippen LogP contribution in [0.3, 0.4) is 0 Å². The van der Waals surface area contributed by atoms with Gasteiger partial charge in [-0.25, -0.2) is 0 Å². The Hall–Kier alpha value is -1.39. The van der Waals surface area contributed by atoms with Crippen molar-refractivity contribution in [1.82, 2.24) is 4.98 Å². The zero-order valence-electron chi connectivity index (χ0n) is 9.80. The average Bonchev–Trinajstić information content (AvgIpc) is 2.89. The number of aromatic nitrogens is 1. The summed E-state index contributed by atoms with van der Waals surface area (Å²) in [7, 11) is 0. The molecular formula is C13H16N2OS. The van der Waals surface area contributed by atoms with E-state index in [1.807, 2.05) is 30.5 Å². The van der Waals surface area contributed by atoms with E-state index in [-0.39, 0.29) is 6.04 Å². The highest BCUT2D eigenvalue weighted by molar-refractivity contribution is 7.09. The Balaban J connectivity index is 1.94. The molecule has 2 N–H and O–H groups in total. The Kier molecular flexibility index (Phi) is 4.12. The Morgan fingerprint density at radius 3 is 2.88 bits per heavy atom. The predicted molar refractivity (Wildman–Crippen MR) is 70.1 cm³/mol. The van der Waals surface area contributed by atoms with Crippen LogP contribution in [0, 0.1) is 0 Å². The molecule has 17 heavy (non-hydrogen) atoms. The van der Waals surface area contributed by atoms with Crippen molar-refractivity contribution in [2.45, 2.75) is 26.0 Å². The number of rotatable bonds is 5. The van der Waals surface area contributed by atoms with E-state index in [0.717, 1.165) is 17.9 Å². The van der Waals surface area contributed by atoms with Gasteiger partial charge in [0.05, 0.1) is 11.9 Å². The van der Waals surface area contributed by atoms with Gasteiger partial charge in [-0.2, -0.15) is 0 Å². The van der Waals surface area contributed by atoms with Gasteiger partial charge in [0.2, 0.25) is 0 Å². The van der Waals surface area contributed by atoms with E-state index >= 15 is 0 Å². The first-order chi connectivity index (χ1) is 8.29.